The van der Waals surface area contributed by atoms with E-state index in [0.29, 0.717) is 17.3 Å². The van der Waals surface area contributed by atoms with Crippen molar-refractivity contribution in [3.63, 3.8) is 0 Å². The molecule has 0 spiro atoms. The van der Waals surface area contributed by atoms with Gasteiger partial charge in [0, 0.05) is 6.04 Å². The van der Waals surface area contributed by atoms with Crippen LogP contribution in [0.3, 0.4) is 0 Å². The van der Waals surface area contributed by atoms with Gasteiger partial charge in [0.1, 0.15) is 5.02 Å². The average Bonchev–Trinajstić information content (AvgIpc) is 2.52. The van der Waals surface area contributed by atoms with E-state index in [1.54, 1.807) is 0 Å². The van der Waals surface area contributed by atoms with Crippen LogP contribution in [0, 0.1) is 0 Å². The summed E-state index contributed by atoms with van der Waals surface area (Å²) in [6, 6.07) is -0.156. The van der Waals surface area contributed by atoms with Gasteiger partial charge in [-0.3, -0.25) is 0 Å². The molecule has 2 heterocycles. The minimum Gasteiger partial charge on any atom is -0.368 e. The number of rotatable bonds is 2. The van der Waals surface area contributed by atoms with Crippen LogP contribution in [0.1, 0.15) is 6.42 Å². The first-order valence-electron chi connectivity index (χ1n) is 4.71. The van der Waals surface area contributed by atoms with E-state index in [9.17, 15) is 8.42 Å². The molecule has 1 unspecified atom stereocenters. The number of anilines is 2. The number of nitrogens with zero attached hydrogens (tertiary/aromatic N) is 2. The maximum Gasteiger partial charge on any atom is 0.222 e. The quantitative estimate of drug-likeness (QED) is 0.796. The fourth-order valence-electron chi connectivity index (χ4n) is 1.58. The molecule has 0 aromatic carbocycles. The Morgan fingerprint density at radius 1 is 1.56 bits per heavy atom. The summed E-state index contributed by atoms with van der Waals surface area (Å²) in [5.41, 5.74) is 5.42. The molecule has 3 N–H and O–H groups in total. The summed E-state index contributed by atoms with van der Waals surface area (Å²) in [6.07, 6.45) is 1.94. The zero-order valence-electron chi connectivity index (χ0n) is 8.35. The fraction of sp³-hybridized carbons (Fsp3) is 0.500. The Hall–Kier alpha value is -1.08. The summed E-state index contributed by atoms with van der Waals surface area (Å²) >= 11 is 5.85. The number of hydrogen-bond acceptors (Lipinski definition) is 6. The summed E-state index contributed by atoms with van der Waals surface area (Å²) in [5, 5.41) is 3.30. The molecule has 0 aliphatic carbocycles. The van der Waals surface area contributed by atoms with E-state index >= 15 is 0 Å². The molecule has 6 nitrogen and oxygen atoms in total. The van der Waals surface area contributed by atoms with Crippen LogP contribution in [0.15, 0.2) is 6.20 Å². The van der Waals surface area contributed by atoms with Crippen molar-refractivity contribution < 1.29 is 8.42 Å². The van der Waals surface area contributed by atoms with E-state index < -0.39 is 9.84 Å². The van der Waals surface area contributed by atoms with Crippen molar-refractivity contribution in [2.75, 3.05) is 22.6 Å². The lowest BCUT2D eigenvalue weighted by Crippen LogP contribution is -2.21. The first kappa shape index (κ1) is 11.4. The predicted molar refractivity (Wildman–Crippen MR) is 62.1 cm³/mol. The molecule has 0 radical (unpaired) electrons. The van der Waals surface area contributed by atoms with Gasteiger partial charge in [0.15, 0.2) is 15.7 Å². The number of sulfone groups is 1. The third-order valence-electron chi connectivity index (χ3n) is 2.34. The van der Waals surface area contributed by atoms with Crippen LogP contribution >= 0.6 is 11.6 Å². The molecule has 2 rings (SSSR count). The molecule has 8 heteroatoms. The molecule has 1 aromatic heterocycles. The van der Waals surface area contributed by atoms with E-state index in [-0.39, 0.29) is 23.5 Å². The van der Waals surface area contributed by atoms with Crippen molar-refractivity contribution in [3.8, 4) is 0 Å². The minimum absolute atomic E-state index is 0.104. The van der Waals surface area contributed by atoms with Crippen LogP contribution in [0.4, 0.5) is 11.8 Å². The maximum atomic E-state index is 11.3. The SMILES string of the molecule is Nc1ncc(Cl)c(NC2CCS(=O)(=O)C2)n1. The van der Waals surface area contributed by atoms with Crippen molar-refractivity contribution >= 4 is 33.2 Å². The van der Waals surface area contributed by atoms with E-state index in [4.69, 9.17) is 17.3 Å². The van der Waals surface area contributed by atoms with Gasteiger partial charge in [-0.25, -0.2) is 13.4 Å². The monoisotopic (exact) mass is 262 g/mol. The number of nitrogens with one attached hydrogen (secondary N) is 1. The second-order valence-electron chi connectivity index (χ2n) is 3.67. The first-order valence-corrected chi connectivity index (χ1v) is 6.91. The molecule has 0 bridgehead atoms. The third kappa shape index (κ3) is 2.53. The highest BCUT2D eigenvalue weighted by atomic mass is 35.5. The zero-order valence-corrected chi connectivity index (χ0v) is 9.92. The molecule has 1 fully saturated rings. The van der Waals surface area contributed by atoms with Gasteiger partial charge in [0.25, 0.3) is 0 Å². The van der Waals surface area contributed by atoms with Crippen LogP contribution in [-0.2, 0) is 9.84 Å². The van der Waals surface area contributed by atoms with Crippen LogP contribution in [0.5, 0.6) is 0 Å². The minimum atomic E-state index is -2.92. The Labute approximate surface area is 98.1 Å². The third-order valence-corrected chi connectivity index (χ3v) is 4.38. The summed E-state index contributed by atoms with van der Waals surface area (Å²) in [5.74, 6) is 0.792. The number of aromatic nitrogens is 2. The molecule has 1 aliphatic heterocycles. The zero-order chi connectivity index (χ0) is 11.8. The van der Waals surface area contributed by atoms with Crippen LogP contribution < -0.4 is 11.1 Å². The van der Waals surface area contributed by atoms with Crippen molar-refractivity contribution in [2.45, 2.75) is 12.5 Å². The van der Waals surface area contributed by atoms with Gasteiger partial charge < -0.3 is 11.1 Å². The van der Waals surface area contributed by atoms with Gasteiger partial charge >= 0.3 is 0 Å². The van der Waals surface area contributed by atoms with Gasteiger partial charge in [-0.15, -0.1) is 0 Å². The highest BCUT2D eigenvalue weighted by Gasteiger charge is 2.28. The van der Waals surface area contributed by atoms with Gasteiger partial charge in [-0.05, 0) is 6.42 Å². The van der Waals surface area contributed by atoms with E-state index in [1.165, 1.54) is 6.20 Å². The van der Waals surface area contributed by atoms with Crippen molar-refractivity contribution in [3.05, 3.63) is 11.2 Å². The standard InChI is InChI=1S/C8H11ClN4O2S/c9-6-3-11-8(10)13-7(6)12-5-1-2-16(14,15)4-5/h3,5H,1-2,4H2,(H3,10,11,12,13). The summed E-state index contributed by atoms with van der Waals surface area (Å²) in [4.78, 5) is 7.63. The Morgan fingerprint density at radius 2 is 2.31 bits per heavy atom. The average molecular weight is 263 g/mol. The largest absolute Gasteiger partial charge is 0.368 e. The predicted octanol–water partition coefficient (Wildman–Crippen LogP) is 0.311. The molecule has 1 saturated heterocycles. The lowest BCUT2D eigenvalue weighted by atomic mass is 10.2. The number of halogens is 1. The second-order valence-corrected chi connectivity index (χ2v) is 6.30. The molecule has 0 saturated carbocycles. The normalized spacial score (nSPS) is 23.2. The van der Waals surface area contributed by atoms with E-state index in [1.807, 2.05) is 0 Å². The van der Waals surface area contributed by atoms with Crippen molar-refractivity contribution in [1.29, 1.82) is 0 Å². The topological polar surface area (TPSA) is 98.0 Å². The van der Waals surface area contributed by atoms with Crippen LogP contribution in [0.2, 0.25) is 5.02 Å². The van der Waals surface area contributed by atoms with Crippen LogP contribution in [0.25, 0.3) is 0 Å². The van der Waals surface area contributed by atoms with Gasteiger partial charge in [-0.2, -0.15) is 4.98 Å². The molecule has 88 valence electrons. The number of nitrogens with two attached hydrogens (primary N) is 1. The highest BCUT2D eigenvalue weighted by molar-refractivity contribution is 7.91. The number of hydrogen-bond donors (Lipinski definition) is 2. The molecule has 1 aliphatic rings. The smallest absolute Gasteiger partial charge is 0.222 e. The molecular weight excluding hydrogens is 252 g/mol. The fourth-order valence-corrected chi connectivity index (χ4v) is 3.40. The lowest BCUT2D eigenvalue weighted by molar-refractivity contribution is 0.602. The van der Waals surface area contributed by atoms with E-state index in [2.05, 4.69) is 15.3 Å². The Balaban J connectivity index is 2.13. The van der Waals surface area contributed by atoms with Gasteiger partial charge in [0.05, 0.1) is 17.7 Å². The van der Waals surface area contributed by atoms with Gasteiger partial charge in [0.2, 0.25) is 5.95 Å². The highest BCUT2D eigenvalue weighted by Crippen LogP contribution is 2.22. The summed E-state index contributed by atoms with van der Waals surface area (Å²) in [6.45, 7) is 0. The molecule has 1 aromatic rings. The molecule has 1 atom stereocenters. The molecular formula is C8H11ClN4O2S. The first-order chi connectivity index (χ1) is 7.46. The van der Waals surface area contributed by atoms with E-state index in [0.717, 1.165) is 0 Å². The molecule has 0 amide bonds. The van der Waals surface area contributed by atoms with Crippen molar-refractivity contribution in [2.24, 2.45) is 0 Å². The van der Waals surface area contributed by atoms with Crippen molar-refractivity contribution in [1.82, 2.24) is 9.97 Å². The second kappa shape index (κ2) is 4.06. The van der Waals surface area contributed by atoms with Crippen LogP contribution in [-0.4, -0.2) is 35.9 Å². The maximum absolute atomic E-state index is 11.3. The lowest BCUT2D eigenvalue weighted by Gasteiger charge is -2.12. The van der Waals surface area contributed by atoms with Gasteiger partial charge in [-0.1, -0.05) is 11.6 Å². The Morgan fingerprint density at radius 3 is 2.94 bits per heavy atom. The molecule has 16 heavy (non-hydrogen) atoms. The Kier molecular flexibility index (Phi) is 2.90. The Bertz CT molecular complexity index is 505. The number of nitrogen functional groups attached to an aromatic ring is 1. The summed E-state index contributed by atoms with van der Waals surface area (Å²) < 4.78 is 22.5. The summed E-state index contributed by atoms with van der Waals surface area (Å²) in [7, 11) is -2.92.